The Morgan fingerprint density at radius 3 is 2.80 bits per heavy atom. The van der Waals surface area contributed by atoms with Crippen molar-refractivity contribution in [2.45, 2.75) is 26.3 Å². The van der Waals surface area contributed by atoms with Gasteiger partial charge >= 0.3 is 0 Å². The van der Waals surface area contributed by atoms with Crippen molar-refractivity contribution < 1.29 is 4.74 Å². The van der Waals surface area contributed by atoms with Crippen molar-refractivity contribution in [3.63, 3.8) is 0 Å². The largest absolute Gasteiger partial charge is 0.496 e. The van der Waals surface area contributed by atoms with Crippen LogP contribution in [0.5, 0.6) is 5.75 Å². The smallest absolute Gasteiger partial charge is 0.122 e. The summed E-state index contributed by atoms with van der Waals surface area (Å²) in [5.41, 5.74) is 3.53. The van der Waals surface area contributed by atoms with Crippen molar-refractivity contribution in [2.24, 2.45) is 7.05 Å². The van der Waals surface area contributed by atoms with Crippen LogP contribution in [0.1, 0.15) is 29.8 Å². The molecule has 0 radical (unpaired) electrons. The number of rotatable bonds is 6. The average Bonchev–Trinajstić information content (AvgIpc) is 2.85. The molecule has 1 N–H and O–H groups in total. The van der Waals surface area contributed by atoms with Crippen LogP contribution in [0.15, 0.2) is 30.7 Å². The van der Waals surface area contributed by atoms with Gasteiger partial charge in [0.1, 0.15) is 5.75 Å². The summed E-state index contributed by atoms with van der Waals surface area (Å²) in [6.45, 7) is 5.13. The fraction of sp³-hybridized carbons (Fsp3) is 0.438. The van der Waals surface area contributed by atoms with Crippen molar-refractivity contribution in [1.29, 1.82) is 0 Å². The molecule has 4 nitrogen and oxygen atoms in total. The summed E-state index contributed by atoms with van der Waals surface area (Å²) in [7, 11) is 3.71. The maximum atomic E-state index is 5.47. The summed E-state index contributed by atoms with van der Waals surface area (Å²) >= 11 is 0. The Bertz CT molecular complexity index is 563. The number of aromatic nitrogens is 2. The van der Waals surface area contributed by atoms with E-state index in [1.54, 1.807) is 7.11 Å². The van der Waals surface area contributed by atoms with Crippen molar-refractivity contribution in [1.82, 2.24) is 14.9 Å². The second-order valence-corrected chi connectivity index (χ2v) is 5.09. The lowest BCUT2D eigenvalue weighted by molar-refractivity contribution is 0.405. The van der Waals surface area contributed by atoms with Gasteiger partial charge in [0.25, 0.3) is 0 Å². The Balaban J connectivity index is 2.26. The van der Waals surface area contributed by atoms with Crippen molar-refractivity contribution in [3.8, 4) is 5.75 Å². The number of imidazole rings is 1. The highest BCUT2D eigenvalue weighted by Gasteiger charge is 2.16. The molecule has 0 spiro atoms. The fourth-order valence-electron chi connectivity index (χ4n) is 2.43. The molecular weight excluding hydrogens is 250 g/mol. The lowest BCUT2D eigenvalue weighted by Crippen LogP contribution is -2.23. The first kappa shape index (κ1) is 14.6. The fourth-order valence-corrected chi connectivity index (χ4v) is 2.43. The van der Waals surface area contributed by atoms with E-state index in [2.05, 4.69) is 42.5 Å². The van der Waals surface area contributed by atoms with E-state index in [9.17, 15) is 0 Å². The molecule has 0 amide bonds. The molecule has 2 aromatic rings. The Kier molecular flexibility index (Phi) is 4.79. The highest BCUT2D eigenvalue weighted by molar-refractivity contribution is 5.38. The molecule has 1 atom stereocenters. The number of ether oxygens (including phenoxy) is 1. The van der Waals surface area contributed by atoms with E-state index in [-0.39, 0.29) is 6.04 Å². The minimum Gasteiger partial charge on any atom is -0.496 e. The molecule has 20 heavy (non-hydrogen) atoms. The third-order valence-electron chi connectivity index (χ3n) is 3.39. The molecule has 4 heteroatoms. The summed E-state index contributed by atoms with van der Waals surface area (Å²) < 4.78 is 7.45. The highest BCUT2D eigenvalue weighted by Crippen LogP contribution is 2.25. The summed E-state index contributed by atoms with van der Waals surface area (Å²) in [4.78, 5) is 4.47. The minimum absolute atomic E-state index is 0.205. The molecule has 0 saturated heterocycles. The number of nitrogens with one attached hydrogen (secondary N) is 1. The standard InChI is InChI=1S/C16H23N3O/c1-5-17-14(15-10-19(3)11-18-15)9-13-8-12(2)6-7-16(13)20-4/h6-8,10-11,14,17H,5,9H2,1-4H3. The Morgan fingerprint density at radius 1 is 1.40 bits per heavy atom. The number of aryl methyl sites for hydroxylation is 2. The zero-order valence-corrected chi connectivity index (χ0v) is 12.7. The molecule has 0 fully saturated rings. The Hall–Kier alpha value is -1.81. The van der Waals surface area contributed by atoms with Gasteiger partial charge in [0.15, 0.2) is 0 Å². The zero-order chi connectivity index (χ0) is 14.5. The second-order valence-electron chi connectivity index (χ2n) is 5.09. The van der Waals surface area contributed by atoms with Gasteiger partial charge in [0.05, 0.1) is 25.2 Å². The highest BCUT2D eigenvalue weighted by atomic mass is 16.5. The number of likely N-dealkylation sites (N-methyl/N-ethyl adjacent to an activating group) is 1. The van der Waals surface area contributed by atoms with Crippen molar-refractivity contribution >= 4 is 0 Å². The van der Waals surface area contributed by atoms with Crippen LogP contribution in [-0.2, 0) is 13.5 Å². The molecule has 1 unspecified atom stereocenters. The van der Waals surface area contributed by atoms with Crippen LogP contribution in [0.2, 0.25) is 0 Å². The van der Waals surface area contributed by atoms with E-state index >= 15 is 0 Å². The van der Waals surface area contributed by atoms with Gasteiger partial charge in [-0.2, -0.15) is 0 Å². The number of benzene rings is 1. The van der Waals surface area contributed by atoms with Crippen LogP contribution < -0.4 is 10.1 Å². The first-order valence-electron chi connectivity index (χ1n) is 6.98. The van der Waals surface area contributed by atoms with Crippen molar-refractivity contribution in [2.75, 3.05) is 13.7 Å². The van der Waals surface area contributed by atoms with E-state index in [1.165, 1.54) is 11.1 Å². The number of methoxy groups -OCH3 is 1. The van der Waals surface area contributed by atoms with Crippen LogP contribution in [0.3, 0.4) is 0 Å². The minimum atomic E-state index is 0.205. The van der Waals surface area contributed by atoms with Crippen LogP contribution in [0.4, 0.5) is 0 Å². The van der Waals surface area contributed by atoms with E-state index in [0.717, 1.165) is 24.4 Å². The average molecular weight is 273 g/mol. The first-order valence-corrected chi connectivity index (χ1v) is 6.98. The Morgan fingerprint density at radius 2 is 2.20 bits per heavy atom. The van der Waals surface area contributed by atoms with E-state index in [4.69, 9.17) is 4.74 Å². The maximum Gasteiger partial charge on any atom is 0.122 e. The number of nitrogens with zero attached hydrogens (tertiary/aromatic N) is 2. The molecule has 0 aliphatic carbocycles. The second kappa shape index (κ2) is 6.57. The molecule has 2 rings (SSSR count). The molecular formula is C16H23N3O. The van der Waals surface area contributed by atoms with Crippen molar-refractivity contribution in [3.05, 3.63) is 47.5 Å². The van der Waals surface area contributed by atoms with Gasteiger partial charge in [-0.25, -0.2) is 4.98 Å². The van der Waals surface area contributed by atoms with Gasteiger partial charge in [-0.15, -0.1) is 0 Å². The third kappa shape index (κ3) is 3.39. The predicted molar refractivity (Wildman–Crippen MR) is 81.1 cm³/mol. The summed E-state index contributed by atoms with van der Waals surface area (Å²) in [5, 5.41) is 3.50. The normalized spacial score (nSPS) is 12.4. The van der Waals surface area contributed by atoms with Crippen LogP contribution >= 0.6 is 0 Å². The molecule has 1 aromatic heterocycles. The summed E-state index contributed by atoms with van der Waals surface area (Å²) in [5.74, 6) is 0.939. The SMILES string of the molecule is CCNC(Cc1cc(C)ccc1OC)c1cn(C)cn1. The summed E-state index contributed by atoms with van der Waals surface area (Å²) in [6.07, 6.45) is 4.78. The van der Waals surface area contributed by atoms with Gasteiger partial charge in [-0.1, -0.05) is 24.6 Å². The summed E-state index contributed by atoms with van der Waals surface area (Å²) in [6, 6.07) is 6.50. The topological polar surface area (TPSA) is 39.1 Å². The quantitative estimate of drug-likeness (QED) is 0.879. The van der Waals surface area contributed by atoms with Crippen LogP contribution in [0, 0.1) is 6.92 Å². The van der Waals surface area contributed by atoms with Gasteiger partial charge in [0, 0.05) is 13.2 Å². The van der Waals surface area contributed by atoms with E-state index < -0.39 is 0 Å². The number of hydrogen-bond acceptors (Lipinski definition) is 3. The van der Waals surface area contributed by atoms with Gasteiger partial charge in [0.2, 0.25) is 0 Å². The van der Waals surface area contributed by atoms with Crippen LogP contribution in [-0.4, -0.2) is 23.2 Å². The molecule has 0 bridgehead atoms. The third-order valence-corrected chi connectivity index (χ3v) is 3.39. The predicted octanol–water partition coefficient (Wildman–Crippen LogP) is 2.63. The Labute approximate surface area is 120 Å². The van der Waals surface area contributed by atoms with Gasteiger partial charge < -0.3 is 14.6 Å². The first-order chi connectivity index (χ1) is 9.63. The number of hydrogen-bond donors (Lipinski definition) is 1. The maximum absolute atomic E-state index is 5.47. The molecule has 0 aliphatic heterocycles. The van der Waals surface area contributed by atoms with Gasteiger partial charge in [-0.3, -0.25) is 0 Å². The molecule has 1 heterocycles. The molecule has 1 aromatic carbocycles. The molecule has 108 valence electrons. The monoisotopic (exact) mass is 273 g/mol. The van der Waals surface area contributed by atoms with Gasteiger partial charge in [-0.05, 0) is 31.5 Å². The lowest BCUT2D eigenvalue weighted by Gasteiger charge is -2.18. The lowest BCUT2D eigenvalue weighted by atomic mass is 10.0. The van der Waals surface area contributed by atoms with Crippen LogP contribution in [0.25, 0.3) is 0 Å². The van der Waals surface area contributed by atoms with E-state index in [0.29, 0.717) is 0 Å². The van der Waals surface area contributed by atoms with E-state index in [1.807, 2.05) is 24.0 Å². The molecule has 0 saturated carbocycles. The zero-order valence-electron chi connectivity index (χ0n) is 12.7. The molecule has 0 aliphatic rings.